The molecule has 2 amide bonds. The van der Waals surface area contributed by atoms with E-state index in [9.17, 15) is 24.6 Å². The number of benzene rings is 4. The number of anilines is 2. The first-order valence-electron chi connectivity index (χ1n) is 18.1. The van der Waals surface area contributed by atoms with Crippen molar-refractivity contribution >= 4 is 34.3 Å². The van der Waals surface area contributed by atoms with Gasteiger partial charge in [0, 0.05) is 55.1 Å². The number of quaternary nitrogens is 1. The minimum absolute atomic E-state index is 0.0549. The number of aliphatic hydroxyl groups excluding tert-OH is 1. The molecule has 6 N–H and O–H groups in total. The van der Waals surface area contributed by atoms with Gasteiger partial charge in [0.25, 0.3) is 0 Å². The van der Waals surface area contributed by atoms with Crippen LogP contribution in [0.15, 0.2) is 95.8 Å². The van der Waals surface area contributed by atoms with Crippen LogP contribution in [-0.2, 0) is 22.5 Å². The number of aromatic amines is 1. The average molecular weight is 719 g/mol. The Bertz CT molecular complexity index is 2140. The van der Waals surface area contributed by atoms with Crippen LogP contribution in [0.4, 0.5) is 16.2 Å². The molecule has 1 atom stereocenters. The topological polar surface area (TPSA) is 153 Å². The Morgan fingerprint density at radius 2 is 1.66 bits per heavy atom. The lowest BCUT2D eigenvalue weighted by Gasteiger charge is -2.36. The standard InChI is InChI=1S/C42H47N5O6/c1-27-23-29(25-43-26-38(49)33-13-16-37(48)41-34(33)14-18-40(51)46-41)10-15-35(27)44-39(50)17-11-28-9-12-32(30-7-5-4-6-8-30)36(24-28)45-42(52)53-31-19-21-47(2,3)22-20-31/h4-10,12-16,18,23-24,31,38,43,49H,11,17,19-22,25-26H2,1-3H3,(H3-,44,45,46,48,50,51,52)/p+1/t38-/m1/s1. The van der Waals surface area contributed by atoms with E-state index in [-0.39, 0.29) is 36.3 Å². The number of rotatable bonds is 12. The Kier molecular flexibility index (Phi) is 11.6. The average Bonchev–Trinajstić information content (AvgIpc) is 3.13. The normalized spacial score (nSPS) is 14.8. The molecule has 1 aliphatic heterocycles. The fourth-order valence-corrected chi connectivity index (χ4v) is 6.83. The van der Waals surface area contributed by atoms with Crippen molar-refractivity contribution in [2.45, 2.75) is 51.4 Å². The van der Waals surface area contributed by atoms with Gasteiger partial charge in [-0.15, -0.1) is 0 Å². The van der Waals surface area contributed by atoms with Crippen molar-refractivity contribution in [3.63, 3.8) is 0 Å². The van der Waals surface area contributed by atoms with Crippen molar-refractivity contribution in [3.05, 3.63) is 124 Å². The number of amides is 2. The van der Waals surface area contributed by atoms with Gasteiger partial charge in [-0.1, -0.05) is 60.7 Å². The first kappa shape index (κ1) is 37.3. The number of phenolic OH excluding ortho intramolecular Hbond substituents is 1. The lowest BCUT2D eigenvalue weighted by atomic mass is 9.99. The summed E-state index contributed by atoms with van der Waals surface area (Å²) in [5.41, 5.74) is 6.58. The summed E-state index contributed by atoms with van der Waals surface area (Å²) in [6.45, 7) is 4.59. The predicted molar refractivity (Wildman–Crippen MR) is 208 cm³/mol. The molecular weight excluding hydrogens is 670 g/mol. The van der Waals surface area contributed by atoms with E-state index in [0.717, 1.165) is 63.9 Å². The van der Waals surface area contributed by atoms with Gasteiger partial charge in [-0.2, -0.15) is 0 Å². The SMILES string of the molecule is Cc1cc(CNC[C@@H](O)c2ccc(O)c3[nH]c(=O)ccc23)ccc1NC(=O)CCc1ccc(-c2ccccc2)c(NC(=O)OC2CC[N+](C)(C)CC2)c1. The Balaban J connectivity index is 1.03. The largest absolute Gasteiger partial charge is 0.506 e. The first-order chi connectivity index (χ1) is 25.4. The van der Waals surface area contributed by atoms with Crippen LogP contribution < -0.4 is 21.5 Å². The number of carbonyl (C=O) groups excluding carboxylic acids is 2. The molecule has 4 aromatic carbocycles. The van der Waals surface area contributed by atoms with Gasteiger partial charge in [0.1, 0.15) is 11.9 Å². The van der Waals surface area contributed by atoms with E-state index in [0.29, 0.717) is 35.1 Å². The van der Waals surface area contributed by atoms with Crippen molar-refractivity contribution in [1.29, 1.82) is 0 Å². The number of ether oxygens (including phenoxy) is 1. The number of fused-ring (bicyclic) bond motifs is 1. The summed E-state index contributed by atoms with van der Waals surface area (Å²) in [7, 11) is 4.38. The fraction of sp³-hybridized carbons (Fsp3) is 0.310. The molecule has 6 rings (SSSR count). The first-order valence-corrected chi connectivity index (χ1v) is 18.1. The molecule has 0 unspecified atom stereocenters. The molecule has 1 saturated heterocycles. The highest BCUT2D eigenvalue weighted by molar-refractivity contribution is 5.93. The molecule has 0 aliphatic carbocycles. The monoisotopic (exact) mass is 718 g/mol. The maximum absolute atomic E-state index is 13.1. The quantitative estimate of drug-likeness (QED) is 0.0818. The molecule has 0 spiro atoms. The van der Waals surface area contributed by atoms with Crippen LogP contribution in [-0.4, -0.2) is 71.5 Å². The van der Waals surface area contributed by atoms with E-state index in [4.69, 9.17) is 4.74 Å². The minimum atomic E-state index is -0.868. The molecular formula is C42H48N5O6+. The lowest BCUT2D eigenvalue weighted by molar-refractivity contribution is -0.896. The fourth-order valence-electron chi connectivity index (χ4n) is 6.83. The molecule has 1 fully saturated rings. The third-order valence-electron chi connectivity index (χ3n) is 9.93. The van der Waals surface area contributed by atoms with Crippen molar-refractivity contribution in [1.82, 2.24) is 10.3 Å². The summed E-state index contributed by atoms with van der Waals surface area (Å²) in [4.78, 5) is 40.5. The van der Waals surface area contributed by atoms with Crippen LogP contribution in [0.1, 0.15) is 47.6 Å². The Morgan fingerprint density at radius 3 is 2.42 bits per heavy atom. The highest BCUT2D eigenvalue weighted by Gasteiger charge is 2.28. The number of nitrogens with zero attached hydrogens (tertiary/aromatic N) is 1. The molecule has 2 heterocycles. The van der Waals surface area contributed by atoms with E-state index in [1.54, 1.807) is 12.1 Å². The van der Waals surface area contributed by atoms with E-state index in [1.807, 2.05) is 73.7 Å². The molecule has 0 saturated carbocycles. The van der Waals surface area contributed by atoms with Crippen LogP contribution in [0.5, 0.6) is 5.75 Å². The number of piperidine rings is 1. The molecule has 5 aromatic rings. The van der Waals surface area contributed by atoms with E-state index < -0.39 is 12.2 Å². The summed E-state index contributed by atoms with van der Waals surface area (Å²) in [6, 6.07) is 27.6. The Hall–Kier alpha value is -5.49. The van der Waals surface area contributed by atoms with Crippen molar-refractivity contribution in [3.8, 4) is 16.9 Å². The summed E-state index contributed by atoms with van der Waals surface area (Å²) >= 11 is 0. The zero-order valence-electron chi connectivity index (χ0n) is 30.4. The number of nitrogens with one attached hydrogen (secondary N) is 4. The van der Waals surface area contributed by atoms with Crippen LogP contribution in [0.2, 0.25) is 0 Å². The van der Waals surface area contributed by atoms with Gasteiger partial charge in [-0.3, -0.25) is 14.9 Å². The highest BCUT2D eigenvalue weighted by Crippen LogP contribution is 2.31. The number of aromatic nitrogens is 1. The molecule has 276 valence electrons. The van der Waals surface area contributed by atoms with Gasteiger partial charge < -0.3 is 35.1 Å². The third-order valence-corrected chi connectivity index (χ3v) is 9.93. The highest BCUT2D eigenvalue weighted by atomic mass is 16.6. The number of hydrogen-bond acceptors (Lipinski definition) is 7. The van der Waals surface area contributed by atoms with Crippen molar-refractivity contribution in [2.75, 3.05) is 44.4 Å². The zero-order chi connectivity index (χ0) is 37.5. The summed E-state index contributed by atoms with van der Waals surface area (Å²) in [5, 5.41) is 30.9. The van der Waals surface area contributed by atoms with Crippen molar-refractivity contribution in [2.24, 2.45) is 0 Å². The molecule has 11 nitrogen and oxygen atoms in total. The lowest BCUT2D eigenvalue weighted by Crippen LogP contribution is -2.48. The Morgan fingerprint density at radius 1 is 0.906 bits per heavy atom. The number of hydrogen-bond donors (Lipinski definition) is 6. The minimum Gasteiger partial charge on any atom is -0.506 e. The molecule has 1 aliphatic rings. The second-order valence-electron chi connectivity index (χ2n) is 14.5. The van der Waals surface area contributed by atoms with Gasteiger partial charge in [0.15, 0.2) is 0 Å². The molecule has 53 heavy (non-hydrogen) atoms. The van der Waals surface area contributed by atoms with Gasteiger partial charge in [0.05, 0.1) is 44.5 Å². The number of phenols is 1. The van der Waals surface area contributed by atoms with Gasteiger partial charge in [0.2, 0.25) is 11.5 Å². The van der Waals surface area contributed by atoms with Gasteiger partial charge in [-0.05, 0) is 65.4 Å². The predicted octanol–water partition coefficient (Wildman–Crippen LogP) is 6.39. The number of aromatic hydroxyl groups is 1. The van der Waals surface area contributed by atoms with E-state index in [1.165, 1.54) is 12.1 Å². The Labute approximate surface area is 309 Å². The smallest absolute Gasteiger partial charge is 0.411 e. The summed E-state index contributed by atoms with van der Waals surface area (Å²) < 4.78 is 6.75. The number of aryl methyl sites for hydroxylation is 2. The van der Waals surface area contributed by atoms with Crippen molar-refractivity contribution < 1.29 is 29.0 Å². The van der Waals surface area contributed by atoms with Gasteiger partial charge >= 0.3 is 6.09 Å². The van der Waals surface area contributed by atoms with E-state index in [2.05, 4.69) is 35.0 Å². The number of H-pyrrole nitrogens is 1. The van der Waals surface area contributed by atoms with E-state index >= 15 is 0 Å². The van der Waals surface area contributed by atoms with Crippen LogP contribution in [0.3, 0.4) is 0 Å². The second kappa shape index (κ2) is 16.5. The van der Waals surface area contributed by atoms with Gasteiger partial charge in [-0.25, -0.2) is 4.79 Å². The summed E-state index contributed by atoms with van der Waals surface area (Å²) in [5.74, 6) is -0.176. The van der Waals surface area contributed by atoms with Crippen LogP contribution in [0, 0.1) is 6.92 Å². The third kappa shape index (κ3) is 9.69. The number of carbonyl (C=O) groups is 2. The molecule has 0 bridgehead atoms. The molecule has 0 radical (unpaired) electrons. The molecule has 1 aromatic heterocycles. The number of pyridine rings is 1. The maximum atomic E-state index is 13.1. The second-order valence-corrected chi connectivity index (χ2v) is 14.5. The summed E-state index contributed by atoms with van der Waals surface area (Å²) in [6.07, 6.45) is 0.950. The van der Waals surface area contributed by atoms with Crippen LogP contribution >= 0.6 is 0 Å². The van der Waals surface area contributed by atoms with Crippen LogP contribution in [0.25, 0.3) is 22.0 Å². The maximum Gasteiger partial charge on any atom is 0.411 e. The number of aliphatic hydroxyl groups is 1. The zero-order valence-corrected chi connectivity index (χ0v) is 30.4. The molecule has 11 heteroatoms. The number of likely N-dealkylation sites (tertiary alicyclic amines) is 1.